The average Bonchev–Trinajstić information content (AvgIpc) is 2.14. The molecule has 0 fully saturated rings. The van der Waals surface area contributed by atoms with Crippen molar-refractivity contribution < 1.29 is 13.2 Å². The highest BCUT2D eigenvalue weighted by Gasteiger charge is 2.08. The molecule has 0 spiro atoms. The van der Waals surface area contributed by atoms with Crippen LogP contribution in [0.4, 0.5) is 0 Å². The number of rotatable bonds is 4. The summed E-state index contributed by atoms with van der Waals surface area (Å²) in [5.41, 5.74) is 0.770. The second-order valence-corrected chi connectivity index (χ2v) is 5.68. The van der Waals surface area contributed by atoms with Gasteiger partial charge < -0.3 is 4.74 Å². The summed E-state index contributed by atoms with van der Waals surface area (Å²) >= 11 is 0. The summed E-state index contributed by atoms with van der Waals surface area (Å²) in [5, 5.41) is 0. The Morgan fingerprint density at radius 1 is 1.40 bits per heavy atom. The summed E-state index contributed by atoms with van der Waals surface area (Å²) in [6.07, 6.45) is 4.23. The van der Waals surface area contributed by atoms with Crippen molar-refractivity contribution in [1.29, 1.82) is 0 Å². The van der Waals surface area contributed by atoms with E-state index in [0.29, 0.717) is 6.61 Å². The molecular formula is C10H15NO3S. The highest BCUT2D eigenvalue weighted by molar-refractivity contribution is 7.90. The van der Waals surface area contributed by atoms with Gasteiger partial charge in [0.1, 0.15) is 0 Å². The van der Waals surface area contributed by atoms with Crippen LogP contribution in [0.3, 0.4) is 0 Å². The van der Waals surface area contributed by atoms with Gasteiger partial charge in [-0.2, -0.15) is 0 Å². The van der Waals surface area contributed by atoms with Gasteiger partial charge in [0.2, 0.25) is 0 Å². The molecule has 84 valence electrons. The first kappa shape index (κ1) is 12.1. The molecule has 0 N–H and O–H groups in total. The van der Waals surface area contributed by atoms with Crippen molar-refractivity contribution in [3.8, 4) is 0 Å². The molecule has 0 saturated carbocycles. The minimum atomic E-state index is -3.18. The Morgan fingerprint density at radius 2 is 2.07 bits per heavy atom. The predicted octanol–water partition coefficient (Wildman–Crippen LogP) is 1.41. The van der Waals surface area contributed by atoms with Crippen molar-refractivity contribution >= 4 is 9.84 Å². The largest absolute Gasteiger partial charge is 0.374 e. The van der Waals surface area contributed by atoms with Gasteiger partial charge in [-0.3, -0.25) is 4.98 Å². The smallest absolute Gasteiger partial charge is 0.177 e. The van der Waals surface area contributed by atoms with Gasteiger partial charge in [-0.05, 0) is 25.5 Å². The Bertz CT molecular complexity index is 426. The zero-order valence-corrected chi connectivity index (χ0v) is 9.91. The summed E-state index contributed by atoms with van der Waals surface area (Å²) in [6, 6.07) is 1.59. The summed E-state index contributed by atoms with van der Waals surface area (Å²) in [4.78, 5) is 4.10. The summed E-state index contributed by atoms with van der Waals surface area (Å²) < 4.78 is 27.8. The van der Waals surface area contributed by atoms with E-state index in [1.165, 1.54) is 6.20 Å². The van der Waals surface area contributed by atoms with Crippen LogP contribution in [0.25, 0.3) is 0 Å². The third-order valence-electron chi connectivity index (χ3n) is 1.78. The number of sulfone groups is 1. The lowest BCUT2D eigenvalue weighted by molar-refractivity contribution is 0.0654. The van der Waals surface area contributed by atoms with Gasteiger partial charge in [0, 0.05) is 18.6 Å². The fraction of sp³-hybridized carbons (Fsp3) is 0.500. The van der Waals surface area contributed by atoms with Crippen molar-refractivity contribution in [1.82, 2.24) is 4.98 Å². The lowest BCUT2D eigenvalue weighted by Gasteiger charge is -2.07. The van der Waals surface area contributed by atoms with E-state index in [0.717, 1.165) is 11.8 Å². The highest BCUT2D eigenvalue weighted by atomic mass is 32.2. The maximum Gasteiger partial charge on any atom is 0.177 e. The van der Waals surface area contributed by atoms with Gasteiger partial charge in [-0.25, -0.2) is 8.42 Å². The molecule has 4 nitrogen and oxygen atoms in total. The van der Waals surface area contributed by atoms with Gasteiger partial charge in [0.05, 0.1) is 17.6 Å². The predicted molar refractivity (Wildman–Crippen MR) is 57.3 cm³/mol. The number of hydrogen-bond donors (Lipinski definition) is 0. The van der Waals surface area contributed by atoms with Crippen molar-refractivity contribution in [3.05, 3.63) is 24.0 Å². The van der Waals surface area contributed by atoms with Gasteiger partial charge in [0.15, 0.2) is 9.84 Å². The molecule has 1 heterocycles. The normalized spacial score (nSPS) is 12.0. The molecule has 0 aliphatic rings. The fourth-order valence-corrected chi connectivity index (χ4v) is 1.63. The van der Waals surface area contributed by atoms with E-state index in [2.05, 4.69) is 4.98 Å². The van der Waals surface area contributed by atoms with E-state index in [1.807, 2.05) is 13.8 Å². The lowest BCUT2D eigenvalue weighted by atomic mass is 10.3. The molecule has 0 bridgehead atoms. The number of pyridine rings is 1. The van der Waals surface area contributed by atoms with Crippen molar-refractivity contribution in [2.24, 2.45) is 0 Å². The van der Waals surface area contributed by atoms with Crippen LogP contribution >= 0.6 is 0 Å². The van der Waals surface area contributed by atoms with E-state index >= 15 is 0 Å². The van der Waals surface area contributed by atoms with Crippen molar-refractivity contribution in [2.75, 3.05) is 6.26 Å². The van der Waals surface area contributed by atoms with E-state index < -0.39 is 9.84 Å². The molecule has 5 heteroatoms. The van der Waals surface area contributed by atoms with Crippen LogP contribution in [0.15, 0.2) is 23.4 Å². The monoisotopic (exact) mass is 229 g/mol. The Labute approximate surface area is 90.2 Å². The Morgan fingerprint density at radius 3 is 2.60 bits per heavy atom. The maximum absolute atomic E-state index is 11.2. The van der Waals surface area contributed by atoms with E-state index in [1.54, 1.807) is 12.3 Å². The highest BCUT2D eigenvalue weighted by Crippen LogP contribution is 2.10. The molecule has 0 atom stereocenters. The van der Waals surface area contributed by atoms with Gasteiger partial charge >= 0.3 is 0 Å². The molecule has 1 aromatic heterocycles. The maximum atomic E-state index is 11.2. The van der Waals surface area contributed by atoms with Crippen molar-refractivity contribution in [3.63, 3.8) is 0 Å². The number of nitrogens with zero attached hydrogens (tertiary/aromatic N) is 1. The first-order chi connectivity index (χ1) is 6.89. The third-order valence-corrected chi connectivity index (χ3v) is 2.86. The third kappa shape index (κ3) is 3.97. The molecule has 0 saturated heterocycles. The molecule has 15 heavy (non-hydrogen) atoms. The molecule has 1 aromatic rings. The lowest BCUT2D eigenvalue weighted by Crippen LogP contribution is -2.04. The molecule has 0 amide bonds. The first-order valence-corrected chi connectivity index (χ1v) is 6.54. The quantitative estimate of drug-likeness (QED) is 0.783. The second kappa shape index (κ2) is 4.72. The van der Waals surface area contributed by atoms with E-state index in [4.69, 9.17) is 4.74 Å². The summed E-state index contributed by atoms with van der Waals surface area (Å²) in [5.74, 6) is 0. The van der Waals surface area contributed by atoms with Crippen LogP contribution in [0, 0.1) is 0 Å². The van der Waals surface area contributed by atoms with E-state index in [9.17, 15) is 8.42 Å². The zero-order chi connectivity index (χ0) is 11.5. The summed E-state index contributed by atoms with van der Waals surface area (Å²) in [6.45, 7) is 4.23. The molecule has 0 aliphatic carbocycles. The number of hydrogen-bond acceptors (Lipinski definition) is 4. The Hall–Kier alpha value is -0.940. The number of ether oxygens (including phenoxy) is 1. The van der Waals surface area contributed by atoms with Crippen LogP contribution in [0.2, 0.25) is 0 Å². The van der Waals surface area contributed by atoms with Crippen LogP contribution in [-0.2, 0) is 21.2 Å². The molecule has 0 unspecified atom stereocenters. The van der Waals surface area contributed by atoms with Crippen LogP contribution in [0.5, 0.6) is 0 Å². The Kier molecular flexibility index (Phi) is 3.82. The summed E-state index contributed by atoms with van der Waals surface area (Å²) in [7, 11) is -3.18. The Balaban J connectivity index is 2.84. The standard InChI is InChI=1S/C10H15NO3S/c1-8(2)14-7-9-4-10(6-11-5-9)15(3,12)13/h4-6,8H,7H2,1-3H3. The minimum Gasteiger partial charge on any atom is -0.374 e. The molecule has 0 aromatic carbocycles. The first-order valence-electron chi connectivity index (χ1n) is 4.65. The molecular weight excluding hydrogens is 214 g/mol. The average molecular weight is 229 g/mol. The molecule has 0 aliphatic heterocycles. The fourth-order valence-electron chi connectivity index (χ4n) is 1.01. The second-order valence-electron chi connectivity index (χ2n) is 3.66. The molecule has 1 rings (SSSR count). The van der Waals surface area contributed by atoms with Crippen molar-refractivity contribution in [2.45, 2.75) is 31.5 Å². The molecule has 0 radical (unpaired) electrons. The van der Waals surface area contributed by atoms with Gasteiger partial charge in [-0.1, -0.05) is 0 Å². The SMILES string of the molecule is CC(C)OCc1cncc(S(C)(=O)=O)c1. The van der Waals surface area contributed by atoms with Gasteiger partial charge in [0.25, 0.3) is 0 Å². The topological polar surface area (TPSA) is 56.3 Å². The minimum absolute atomic E-state index is 0.117. The van der Waals surface area contributed by atoms with E-state index in [-0.39, 0.29) is 11.0 Å². The number of aromatic nitrogens is 1. The van der Waals surface area contributed by atoms with Gasteiger partial charge in [-0.15, -0.1) is 0 Å². The van der Waals surface area contributed by atoms with Crippen LogP contribution < -0.4 is 0 Å². The van der Waals surface area contributed by atoms with Crippen LogP contribution in [0.1, 0.15) is 19.4 Å². The zero-order valence-electron chi connectivity index (χ0n) is 9.10. The van der Waals surface area contributed by atoms with Crippen LogP contribution in [-0.4, -0.2) is 25.8 Å².